The summed E-state index contributed by atoms with van der Waals surface area (Å²) in [5.74, 6) is 1.76. The average molecular weight is 320 g/mol. The quantitative estimate of drug-likeness (QED) is 0.466. The number of rotatable bonds is 6. The molecule has 6 heteroatoms. The number of ether oxygens (including phenoxy) is 1. The summed E-state index contributed by atoms with van der Waals surface area (Å²) >= 11 is 0. The molecule has 0 unspecified atom stereocenters. The van der Waals surface area contributed by atoms with Gasteiger partial charge in [0.25, 0.3) is 0 Å². The van der Waals surface area contributed by atoms with E-state index in [4.69, 9.17) is 10.5 Å². The second kappa shape index (κ2) is 6.37. The van der Waals surface area contributed by atoms with Gasteiger partial charge in [0, 0.05) is 18.4 Å². The van der Waals surface area contributed by atoms with Crippen molar-refractivity contribution in [2.75, 3.05) is 47.0 Å². The number of nitrogens with zero attached hydrogens (tertiary/aromatic N) is 1. The molecule has 0 spiro atoms. The number of nitrogens with two attached hydrogens (primary N) is 1. The van der Waals surface area contributed by atoms with E-state index in [-0.39, 0.29) is 6.10 Å². The van der Waals surface area contributed by atoms with E-state index in [2.05, 4.69) is 49.9 Å². The molecule has 0 saturated carbocycles. The smallest absolute Gasteiger partial charge is 0.353 e. The predicted molar refractivity (Wildman–Crippen MR) is 91.0 cm³/mol. The second-order valence-corrected chi connectivity index (χ2v) is 7.27. The SMILES string of the molecule is C[NH+](C)CCC[n+]1c(N)[nH]c2ccc3c(c21)C[C@H](C[NH+](C)C)O3. The molecule has 2 heterocycles. The number of aromatic amines is 1. The predicted octanol–water partition coefficient (Wildman–Crippen LogP) is -1.98. The maximum Gasteiger partial charge on any atom is 0.353 e. The maximum atomic E-state index is 6.24. The molecule has 0 saturated heterocycles. The fourth-order valence-corrected chi connectivity index (χ4v) is 3.50. The highest BCUT2D eigenvalue weighted by atomic mass is 16.5. The third kappa shape index (κ3) is 3.28. The Balaban J connectivity index is 1.90. The first-order valence-electron chi connectivity index (χ1n) is 8.53. The molecule has 1 aromatic heterocycles. The summed E-state index contributed by atoms with van der Waals surface area (Å²) in [5.41, 5.74) is 9.88. The van der Waals surface area contributed by atoms with E-state index in [1.807, 2.05) is 0 Å². The van der Waals surface area contributed by atoms with Crippen molar-refractivity contribution in [3.05, 3.63) is 17.7 Å². The van der Waals surface area contributed by atoms with Crippen molar-refractivity contribution in [3.8, 4) is 5.75 Å². The molecule has 0 bridgehead atoms. The van der Waals surface area contributed by atoms with Gasteiger partial charge in [0.05, 0.1) is 41.3 Å². The molecule has 1 aromatic carbocycles. The van der Waals surface area contributed by atoms with Gasteiger partial charge >= 0.3 is 5.95 Å². The lowest BCUT2D eigenvalue weighted by Gasteiger charge is -2.13. The highest BCUT2D eigenvalue weighted by Crippen LogP contribution is 2.33. The average Bonchev–Trinajstić information content (AvgIpc) is 2.98. The number of nitrogens with one attached hydrogen (secondary N) is 3. The van der Waals surface area contributed by atoms with Gasteiger partial charge in [0.1, 0.15) is 23.3 Å². The molecule has 0 aliphatic carbocycles. The van der Waals surface area contributed by atoms with Crippen molar-refractivity contribution in [3.63, 3.8) is 0 Å². The summed E-state index contributed by atoms with van der Waals surface area (Å²) < 4.78 is 8.37. The Labute approximate surface area is 137 Å². The number of quaternary nitrogens is 2. The van der Waals surface area contributed by atoms with Crippen molar-refractivity contribution < 1.29 is 19.1 Å². The Morgan fingerprint density at radius 3 is 2.74 bits per heavy atom. The van der Waals surface area contributed by atoms with Crippen LogP contribution in [-0.2, 0) is 13.0 Å². The summed E-state index contributed by atoms with van der Waals surface area (Å²) in [7, 11) is 8.70. The minimum absolute atomic E-state index is 0.261. The third-order valence-corrected chi connectivity index (χ3v) is 4.48. The molecular formula is C17H30N5O+3. The van der Waals surface area contributed by atoms with E-state index in [0.717, 1.165) is 49.7 Å². The van der Waals surface area contributed by atoms with E-state index in [1.54, 1.807) is 0 Å². The van der Waals surface area contributed by atoms with Crippen molar-refractivity contribution in [2.45, 2.75) is 25.5 Å². The van der Waals surface area contributed by atoms with E-state index in [1.165, 1.54) is 20.9 Å². The van der Waals surface area contributed by atoms with Crippen molar-refractivity contribution in [1.29, 1.82) is 0 Å². The maximum absolute atomic E-state index is 6.24. The first kappa shape index (κ1) is 16.1. The van der Waals surface area contributed by atoms with Crippen LogP contribution < -0.4 is 24.8 Å². The lowest BCUT2D eigenvalue weighted by molar-refractivity contribution is -0.861. The number of nitrogen functional groups attached to an aromatic ring is 1. The van der Waals surface area contributed by atoms with Crippen LogP contribution in [-0.4, -0.2) is 52.4 Å². The van der Waals surface area contributed by atoms with E-state index >= 15 is 0 Å². The number of aryl methyl sites for hydroxylation is 1. The molecule has 126 valence electrons. The van der Waals surface area contributed by atoms with Crippen molar-refractivity contribution in [1.82, 2.24) is 4.98 Å². The summed E-state index contributed by atoms with van der Waals surface area (Å²) in [6.45, 7) is 3.09. The number of H-pyrrole nitrogens is 1. The van der Waals surface area contributed by atoms with E-state index in [9.17, 15) is 0 Å². The van der Waals surface area contributed by atoms with Crippen molar-refractivity contribution in [2.24, 2.45) is 0 Å². The first-order chi connectivity index (χ1) is 11.0. The van der Waals surface area contributed by atoms with Crippen LogP contribution in [0, 0.1) is 0 Å². The Kier molecular flexibility index (Phi) is 4.46. The normalized spacial score (nSPS) is 17.2. The highest BCUT2D eigenvalue weighted by molar-refractivity contribution is 5.80. The largest absolute Gasteiger partial charge is 0.484 e. The zero-order valence-electron chi connectivity index (χ0n) is 14.7. The lowest BCUT2D eigenvalue weighted by atomic mass is 10.1. The number of likely N-dealkylation sites (N-methyl/N-ethyl adjacent to an activating group) is 1. The Morgan fingerprint density at radius 1 is 1.26 bits per heavy atom. The van der Waals surface area contributed by atoms with Crippen LogP contribution in [0.25, 0.3) is 11.0 Å². The fourth-order valence-electron chi connectivity index (χ4n) is 3.50. The monoisotopic (exact) mass is 320 g/mol. The Morgan fingerprint density at radius 2 is 2.04 bits per heavy atom. The number of benzene rings is 1. The van der Waals surface area contributed by atoms with Gasteiger partial charge in [-0.1, -0.05) is 0 Å². The standard InChI is InChI=1S/C17H27N5O/c1-20(2)8-5-9-22-16-13-10-12(11-21(3)4)23-15(13)7-6-14(16)19-17(22)18/h6-7,12H,5,8-11H2,1-4H3,(H2,18,19)/p+3/t12-/m1/s1. The van der Waals surface area contributed by atoms with E-state index in [0.29, 0.717) is 0 Å². The lowest BCUT2D eigenvalue weighted by Crippen LogP contribution is -3.07. The van der Waals surface area contributed by atoms with Crippen LogP contribution in [0.5, 0.6) is 5.75 Å². The van der Waals surface area contributed by atoms with Gasteiger partial charge in [0.15, 0.2) is 6.10 Å². The fraction of sp³-hybridized carbons (Fsp3) is 0.588. The third-order valence-electron chi connectivity index (χ3n) is 4.48. The molecule has 6 nitrogen and oxygen atoms in total. The topological polar surface area (TPSA) is 63.8 Å². The molecule has 0 fully saturated rings. The Bertz CT molecular complexity index is 692. The van der Waals surface area contributed by atoms with Crippen LogP contribution in [0.1, 0.15) is 12.0 Å². The molecular weight excluding hydrogens is 290 g/mol. The zero-order valence-corrected chi connectivity index (χ0v) is 14.7. The van der Waals surface area contributed by atoms with Gasteiger partial charge in [-0.05, 0) is 12.1 Å². The number of imidazole rings is 1. The first-order valence-corrected chi connectivity index (χ1v) is 8.53. The van der Waals surface area contributed by atoms with E-state index < -0.39 is 0 Å². The molecule has 1 aliphatic heterocycles. The minimum Gasteiger partial charge on any atom is -0.484 e. The molecule has 5 N–H and O–H groups in total. The van der Waals surface area contributed by atoms with Crippen LogP contribution in [0.3, 0.4) is 0 Å². The number of anilines is 1. The molecule has 0 amide bonds. The van der Waals surface area contributed by atoms with Crippen molar-refractivity contribution >= 4 is 17.0 Å². The molecule has 1 aliphatic rings. The van der Waals surface area contributed by atoms with Crippen LogP contribution in [0.15, 0.2) is 12.1 Å². The van der Waals surface area contributed by atoms with Gasteiger partial charge in [-0.3, -0.25) is 5.73 Å². The van der Waals surface area contributed by atoms with Gasteiger partial charge in [0.2, 0.25) is 0 Å². The van der Waals surface area contributed by atoms with Crippen LogP contribution in [0.4, 0.5) is 5.95 Å². The molecule has 3 rings (SSSR count). The Hall–Kier alpha value is -1.79. The second-order valence-electron chi connectivity index (χ2n) is 7.27. The molecule has 2 aromatic rings. The molecule has 23 heavy (non-hydrogen) atoms. The summed E-state index contributed by atoms with van der Waals surface area (Å²) in [4.78, 5) is 6.20. The van der Waals surface area contributed by atoms with Gasteiger partial charge in [-0.25, -0.2) is 9.55 Å². The molecule has 0 radical (unpaired) electrons. The summed E-state index contributed by atoms with van der Waals surface area (Å²) in [5, 5.41) is 0. The summed E-state index contributed by atoms with van der Waals surface area (Å²) in [6, 6.07) is 4.16. The number of aromatic nitrogens is 2. The van der Waals surface area contributed by atoms with Gasteiger partial charge in [-0.2, -0.15) is 0 Å². The number of hydrogen-bond donors (Lipinski definition) is 4. The van der Waals surface area contributed by atoms with Gasteiger partial charge in [-0.15, -0.1) is 0 Å². The minimum atomic E-state index is 0.261. The number of hydrogen-bond acceptors (Lipinski definition) is 2. The zero-order chi connectivity index (χ0) is 16.6. The van der Waals surface area contributed by atoms with Crippen LogP contribution >= 0.6 is 0 Å². The summed E-state index contributed by atoms with van der Waals surface area (Å²) in [6.07, 6.45) is 2.34. The van der Waals surface area contributed by atoms with Gasteiger partial charge < -0.3 is 14.5 Å². The number of fused-ring (bicyclic) bond motifs is 3. The van der Waals surface area contributed by atoms with Crippen LogP contribution in [0.2, 0.25) is 0 Å². The molecule has 1 atom stereocenters. The highest BCUT2D eigenvalue weighted by Gasteiger charge is 2.30.